The zero-order valence-electron chi connectivity index (χ0n) is 29.7. The first-order valence-electron chi connectivity index (χ1n) is 17.8. The number of hydrogen-bond donors (Lipinski definition) is 4. The Labute approximate surface area is 303 Å². The van der Waals surface area contributed by atoms with Crippen molar-refractivity contribution in [1.29, 1.82) is 0 Å². The highest BCUT2D eigenvalue weighted by molar-refractivity contribution is 5.81. The van der Waals surface area contributed by atoms with E-state index in [0.29, 0.717) is 31.6 Å². The summed E-state index contributed by atoms with van der Waals surface area (Å²) in [5.74, 6) is -0.553. The van der Waals surface area contributed by atoms with Crippen LogP contribution in [0.1, 0.15) is 96.1 Å². The number of carboxylic acid groups (broad SMARTS) is 2. The topological polar surface area (TPSA) is 170 Å². The van der Waals surface area contributed by atoms with Gasteiger partial charge in [-0.15, -0.1) is 0 Å². The number of benzene rings is 3. The summed E-state index contributed by atoms with van der Waals surface area (Å²) in [6, 6.07) is 20.9. The number of aryl methyl sites for hydroxylation is 1. The predicted molar refractivity (Wildman–Crippen MR) is 197 cm³/mol. The van der Waals surface area contributed by atoms with Gasteiger partial charge in [0.15, 0.2) is 0 Å². The number of rotatable bonds is 14. The lowest BCUT2D eigenvalue weighted by atomic mass is 9.99. The summed E-state index contributed by atoms with van der Waals surface area (Å²) in [6.45, 7) is 5.25. The van der Waals surface area contributed by atoms with Crippen molar-refractivity contribution in [2.24, 2.45) is 5.73 Å². The number of amides is 1. The molecule has 2 aliphatic rings. The van der Waals surface area contributed by atoms with E-state index in [1.807, 2.05) is 80.6 Å². The number of pyridine rings is 1. The molecule has 0 radical (unpaired) electrons. The van der Waals surface area contributed by atoms with Crippen LogP contribution in [-0.4, -0.2) is 45.8 Å². The Kier molecular flexibility index (Phi) is 12.9. The Morgan fingerprint density at radius 1 is 0.865 bits per heavy atom. The van der Waals surface area contributed by atoms with Crippen LogP contribution in [0.5, 0.6) is 11.5 Å². The molecule has 274 valence electrons. The van der Waals surface area contributed by atoms with E-state index in [-0.39, 0.29) is 24.3 Å². The Hall–Kier alpha value is -5.42. The molecule has 0 saturated carbocycles. The number of ether oxygens (including phenoxy) is 2. The van der Waals surface area contributed by atoms with Crippen molar-refractivity contribution in [3.63, 3.8) is 0 Å². The average Bonchev–Trinajstić information content (AvgIpc) is 3.79. The fourth-order valence-electron chi connectivity index (χ4n) is 6.65. The predicted octanol–water partition coefficient (Wildman–Crippen LogP) is 5.84. The first-order chi connectivity index (χ1) is 25.0. The minimum atomic E-state index is -1.01. The number of carbonyl (C=O) groups excluding carboxylic acids is 1. The number of aliphatic carboxylic acids is 2. The monoisotopic (exact) mass is 709 g/mol. The molecular weight excluding hydrogens is 662 g/mol. The minimum Gasteiger partial charge on any atom is -0.493 e. The van der Waals surface area contributed by atoms with Crippen LogP contribution in [-0.2, 0) is 33.6 Å². The molecule has 2 aliphatic heterocycles. The fraction of sp³-hybridized carbons (Fsp3) is 0.366. The third kappa shape index (κ3) is 9.88. The zero-order valence-corrected chi connectivity index (χ0v) is 29.7. The number of nitrogens with two attached hydrogens (primary N) is 1. The van der Waals surface area contributed by atoms with Crippen molar-refractivity contribution in [3.8, 4) is 11.5 Å². The van der Waals surface area contributed by atoms with E-state index in [4.69, 9.17) is 20.3 Å². The average molecular weight is 710 g/mol. The van der Waals surface area contributed by atoms with Crippen molar-refractivity contribution in [2.45, 2.75) is 83.3 Å². The fourth-order valence-corrected chi connectivity index (χ4v) is 6.65. The van der Waals surface area contributed by atoms with E-state index in [1.165, 1.54) is 4.57 Å². The highest BCUT2D eigenvalue weighted by Crippen LogP contribution is 2.30. The molecule has 3 heterocycles. The van der Waals surface area contributed by atoms with Gasteiger partial charge in [0.25, 0.3) is 5.56 Å². The molecule has 3 atom stereocenters. The summed E-state index contributed by atoms with van der Waals surface area (Å²) in [5, 5.41) is 21.2. The normalized spacial score (nSPS) is 14.4. The maximum atomic E-state index is 13.7. The second-order valence-corrected chi connectivity index (χ2v) is 13.4. The maximum Gasteiger partial charge on any atom is 0.305 e. The molecule has 6 rings (SSSR count). The van der Waals surface area contributed by atoms with Crippen LogP contribution < -0.4 is 26.1 Å². The number of nitrogens with zero attached hydrogens (tertiary/aromatic N) is 1. The van der Waals surface area contributed by atoms with E-state index in [0.717, 1.165) is 70.6 Å². The van der Waals surface area contributed by atoms with E-state index >= 15 is 0 Å². The smallest absolute Gasteiger partial charge is 0.305 e. The summed E-state index contributed by atoms with van der Waals surface area (Å²) in [4.78, 5) is 49.5. The Morgan fingerprint density at radius 3 is 2.10 bits per heavy atom. The molecule has 0 spiro atoms. The molecule has 52 heavy (non-hydrogen) atoms. The molecule has 5 N–H and O–H groups in total. The van der Waals surface area contributed by atoms with Gasteiger partial charge in [-0.25, -0.2) is 0 Å². The molecule has 3 unspecified atom stereocenters. The number of aromatic nitrogens is 1. The van der Waals surface area contributed by atoms with Gasteiger partial charge < -0.3 is 35.3 Å². The van der Waals surface area contributed by atoms with Crippen LogP contribution >= 0.6 is 0 Å². The second kappa shape index (κ2) is 17.7. The zero-order chi connectivity index (χ0) is 37.2. The molecule has 0 fully saturated rings. The SMILES string of the molecule is CCCCC(C(=O)NC(CC(=O)O)c1ccc2c(c1)CCO2)n1cc(C)cc(Cc2ccccc2)c1=O.NC(CC(=O)O)c1ccc2c(c1)CCO2. The third-order valence-electron chi connectivity index (χ3n) is 9.31. The Balaban J connectivity index is 0.000000289. The van der Waals surface area contributed by atoms with Crippen LogP contribution in [0.3, 0.4) is 0 Å². The summed E-state index contributed by atoms with van der Waals surface area (Å²) in [7, 11) is 0. The molecule has 4 aromatic rings. The number of unbranched alkanes of at least 4 members (excludes halogenated alkanes) is 1. The lowest BCUT2D eigenvalue weighted by Gasteiger charge is -2.25. The molecule has 1 aromatic heterocycles. The van der Waals surface area contributed by atoms with E-state index in [9.17, 15) is 24.3 Å². The van der Waals surface area contributed by atoms with E-state index in [2.05, 4.69) is 5.32 Å². The van der Waals surface area contributed by atoms with Crippen LogP contribution in [0.2, 0.25) is 0 Å². The highest BCUT2D eigenvalue weighted by atomic mass is 16.5. The second-order valence-electron chi connectivity index (χ2n) is 13.4. The lowest BCUT2D eigenvalue weighted by molar-refractivity contribution is -0.138. The maximum absolute atomic E-state index is 13.7. The molecule has 0 bridgehead atoms. The van der Waals surface area contributed by atoms with Crippen molar-refractivity contribution in [3.05, 3.63) is 128 Å². The number of carboxylic acids is 2. The Morgan fingerprint density at radius 2 is 1.48 bits per heavy atom. The molecule has 3 aromatic carbocycles. The van der Waals surface area contributed by atoms with Gasteiger partial charge >= 0.3 is 11.9 Å². The van der Waals surface area contributed by atoms with Crippen LogP contribution in [0.4, 0.5) is 0 Å². The molecule has 11 nitrogen and oxygen atoms in total. The van der Waals surface area contributed by atoms with Crippen molar-refractivity contribution in [1.82, 2.24) is 9.88 Å². The highest BCUT2D eigenvalue weighted by Gasteiger charge is 2.27. The summed E-state index contributed by atoms with van der Waals surface area (Å²) >= 11 is 0. The van der Waals surface area contributed by atoms with Gasteiger partial charge in [0.1, 0.15) is 17.5 Å². The minimum absolute atomic E-state index is 0.0420. The van der Waals surface area contributed by atoms with Gasteiger partial charge in [-0.05, 0) is 71.0 Å². The third-order valence-corrected chi connectivity index (χ3v) is 9.31. The van der Waals surface area contributed by atoms with Crippen LogP contribution in [0, 0.1) is 6.92 Å². The van der Waals surface area contributed by atoms with Crippen molar-refractivity contribution < 1.29 is 34.1 Å². The van der Waals surface area contributed by atoms with Crippen molar-refractivity contribution in [2.75, 3.05) is 13.2 Å². The molecule has 1 amide bonds. The number of fused-ring (bicyclic) bond motifs is 2. The molecule has 11 heteroatoms. The van der Waals surface area contributed by atoms with Gasteiger partial charge in [0.05, 0.1) is 32.1 Å². The number of hydrogen-bond acceptors (Lipinski definition) is 7. The van der Waals surface area contributed by atoms with E-state index < -0.39 is 30.1 Å². The largest absolute Gasteiger partial charge is 0.493 e. The van der Waals surface area contributed by atoms with Gasteiger partial charge in [-0.3, -0.25) is 19.2 Å². The van der Waals surface area contributed by atoms with Gasteiger partial charge in [-0.1, -0.05) is 68.3 Å². The molecular formula is C41H47N3O8. The molecule has 0 aliphatic carbocycles. The van der Waals surface area contributed by atoms with Crippen LogP contribution in [0.25, 0.3) is 0 Å². The van der Waals surface area contributed by atoms with E-state index in [1.54, 1.807) is 12.3 Å². The van der Waals surface area contributed by atoms with Gasteiger partial charge in [-0.2, -0.15) is 0 Å². The number of carbonyl (C=O) groups is 3. The quantitative estimate of drug-likeness (QED) is 0.126. The van der Waals surface area contributed by atoms with Gasteiger partial charge in [0, 0.05) is 37.1 Å². The van der Waals surface area contributed by atoms with Crippen molar-refractivity contribution >= 4 is 17.8 Å². The first-order valence-corrected chi connectivity index (χ1v) is 17.8. The van der Waals surface area contributed by atoms with Gasteiger partial charge in [0.2, 0.25) is 5.91 Å². The lowest BCUT2D eigenvalue weighted by Crippen LogP contribution is -2.40. The first kappa shape index (κ1) is 37.8. The summed E-state index contributed by atoms with van der Waals surface area (Å²) in [6.07, 6.45) is 5.64. The number of nitrogens with one attached hydrogen (secondary N) is 1. The standard InChI is InChI=1S/C30H34N2O5.C11H13NO3/c1-3-4-10-26(32-19-20(2)15-24(30(32)36)16-21-8-6-5-7-9-21)29(35)31-25(18-28(33)34)22-11-12-27-23(17-22)13-14-37-27;12-9(6-11(13)14)7-1-2-10-8(5-7)3-4-15-10/h5-9,11-12,15,17,19,25-26H,3-4,10,13-14,16,18H2,1-2H3,(H,31,35)(H,33,34);1-2,5,9H,3-4,6,12H2,(H,13,14). The van der Waals surface area contributed by atoms with Crippen LogP contribution in [0.15, 0.2) is 83.8 Å². The summed E-state index contributed by atoms with van der Waals surface area (Å²) < 4.78 is 12.5. The summed E-state index contributed by atoms with van der Waals surface area (Å²) in [5.41, 5.74) is 11.8. The molecule has 0 saturated heterocycles. The Bertz CT molecular complexity index is 1940.